The number of thiazole rings is 1. The summed E-state index contributed by atoms with van der Waals surface area (Å²) in [5, 5.41) is 3.71. The third-order valence-corrected chi connectivity index (χ3v) is 8.11. The first kappa shape index (κ1) is 24.1. The van der Waals surface area contributed by atoms with E-state index in [2.05, 4.69) is 10.0 Å². The molecular formula is C26H27N3O3S2. The van der Waals surface area contributed by atoms with E-state index in [1.165, 1.54) is 0 Å². The molecule has 1 unspecified atom stereocenters. The molecule has 0 saturated carbocycles. The highest BCUT2D eigenvalue weighted by molar-refractivity contribution is 7.89. The molecule has 176 valence electrons. The van der Waals surface area contributed by atoms with Gasteiger partial charge in [-0.3, -0.25) is 4.79 Å². The van der Waals surface area contributed by atoms with E-state index in [0.717, 1.165) is 26.4 Å². The molecule has 1 heterocycles. The number of nitrogens with one attached hydrogen (secondary N) is 2. The lowest BCUT2D eigenvalue weighted by Crippen LogP contribution is -2.46. The number of sulfonamides is 1. The molecule has 6 nitrogen and oxygen atoms in total. The summed E-state index contributed by atoms with van der Waals surface area (Å²) >= 11 is 1.57. The molecule has 0 aliphatic carbocycles. The van der Waals surface area contributed by atoms with E-state index in [1.807, 2.05) is 91.9 Å². The zero-order valence-electron chi connectivity index (χ0n) is 18.9. The van der Waals surface area contributed by atoms with Crippen LogP contribution in [0.15, 0.2) is 84.9 Å². The number of nitrogens with zero attached hydrogens (tertiary/aromatic N) is 1. The van der Waals surface area contributed by atoms with Crippen LogP contribution < -0.4 is 10.0 Å². The summed E-state index contributed by atoms with van der Waals surface area (Å²) in [6, 6.07) is 26.8. The van der Waals surface area contributed by atoms with E-state index in [0.29, 0.717) is 6.42 Å². The third kappa shape index (κ3) is 5.88. The van der Waals surface area contributed by atoms with Crippen LogP contribution in [0, 0.1) is 0 Å². The molecule has 0 fully saturated rings. The van der Waals surface area contributed by atoms with Gasteiger partial charge in [0, 0.05) is 19.5 Å². The predicted molar refractivity (Wildman–Crippen MR) is 137 cm³/mol. The topological polar surface area (TPSA) is 88.2 Å². The van der Waals surface area contributed by atoms with E-state index in [-0.39, 0.29) is 24.7 Å². The van der Waals surface area contributed by atoms with Crippen LogP contribution in [0.4, 0.5) is 0 Å². The number of amides is 1. The first-order valence-corrected chi connectivity index (χ1v) is 13.5. The lowest BCUT2D eigenvalue weighted by Gasteiger charge is -2.28. The van der Waals surface area contributed by atoms with E-state index >= 15 is 0 Å². The molecule has 4 aromatic rings. The Morgan fingerprint density at radius 2 is 1.59 bits per heavy atom. The Balaban J connectivity index is 1.44. The second-order valence-corrected chi connectivity index (χ2v) is 11.4. The number of hydrogen-bond acceptors (Lipinski definition) is 5. The number of fused-ring (bicyclic) bond motifs is 1. The summed E-state index contributed by atoms with van der Waals surface area (Å²) in [5.41, 5.74) is 1.75. The molecular weight excluding hydrogens is 466 g/mol. The Morgan fingerprint density at radius 1 is 0.941 bits per heavy atom. The summed E-state index contributed by atoms with van der Waals surface area (Å²) < 4.78 is 28.5. The van der Waals surface area contributed by atoms with Crippen LogP contribution in [-0.2, 0) is 33.2 Å². The molecule has 2 N–H and O–H groups in total. The molecule has 0 aliphatic rings. The molecule has 1 amide bonds. The highest BCUT2D eigenvalue weighted by atomic mass is 32.2. The third-order valence-electron chi connectivity index (χ3n) is 5.75. The maximum atomic E-state index is 13.4. The minimum Gasteiger partial charge on any atom is -0.354 e. The Bertz CT molecular complexity index is 1320. The molecule has 4 rings (SSSR count). The summed E-state index contributed by atoms with van der Waals surface area (Å²) in [6.07, 6.45) is 0.418. The van der Waals surface area contributed by atoms with Crippen LogP contribution in [0.25, 0.3) is 10.2 Å². The van der Waals surface area contributed by atoms with Crippen LogP contribution in [0.1, 0.15) is 23.1 Å². The zero-order valence-corrected chi connectivity index (χ0v) is 20.5. The SMILES string of the molecule is CC(Cc1nc2ccccc2s1)(C(=O)NCCS(=O)(=O)NCc1ccccc1)c1ccccc1. The molecule has 0 aliphatic heterocycles. The Morgan fingerprint density at radius 3 is 2.29 bits per heavy atom. The van der Waals surface area contributed by atoms with Gasteiger partial charge in [0.15, 0.2) is 0 Å². The number of para-hydroxylation sites is 1. The molecule has 0 radical (unpaired) electrons. The van der Waals surface area contributed by atoms with E-state index in [9.17, 15) is 13.2 Å². The van der Waals surface area contributed by atoms with Crippen molar-refractivity contribution in [2.24, 2.45) is 0 Å². The van der Waals surface area contributed by atoms with Crippen LogP contribution >= 0.6 is 11.3 Å². The second kappa shape index (κ2) is 10.5. The van der Waals surface area contributed by atoms with Crippen molar-refractivity contribution in [3.05, 3.63) is 101 Å². The van der Waals surface area contributed by atoms with Gasteiger partial charge in [-0.15, -0.1) is 11.3 Å². The van der Waals surface area contributed by atoms with E-state index < -0.39 is 15.4 Å². The molecule has 34 heavy (non-hydrogen) atoms. The van der Waals surface area contributed by atoms with Crippen LogP contribution in [0.2, 0.25) is 0 Å². The number of carbonyl (C=O) groups is 1. The highest BCUT2D eigenvalue weighted by Gasteiger charge is 2.36. The van der Waals surface area contributed by atoms with Crippen molar-refractivity contribution >= 4 is 37.5 Å². The van der Waals surface area contributed by atoms with E-state index in [1.54, 1.807) is 11.3 Å². The Labute approximate surface area is 204 Å². The van der Waals surface area contributed by atoms with Gasteiger partial charge in [-0.2, -0.15) is 0 Å². The quantitative estimate of drug-likeness (QED) is 0.349. The lowest BCUT2D eigenvalue weighted by atomic mass is 9.78. The number of rotatable bonds is 10. The lowest BCUT2D eigenvalue weighted by molar-refractivity contribution is -0.126. The smallest absolute Gasteiger partial charge is 0.230 e. The Kier molecular flexibility index (Phi) is 7.41. The first-order valence-electron chi connectivity index (χ1n) is 11.1. The van der Waals surface area contributed by atoms with Gasteiger partial charge >= 0.3 is 0 Å². The summed E-state index contributed by atoms with van der Waals surface area (Å²) in [7, 11) is -3.54. The van der Waals surface area contributed by atoms with Crippen LogP contribution in [0.5, 0.6) is 0 Å². The van der Waals surface area contributed by atoms with Gasteiger partial charge in [-0.25, -0.2) is 18.1 Å². The largest absolute Gasteiger partial charge is 0.354 e. The van der Waals surface area contributed by atoms with E-state index in [4.69, 9.17) is 4.98 Å². The summed E-state index contributed by atoms with van der Waals surface area (Å²) in [6.45, 7) is 2.12. The molecule has 8 heteroatoms. The standard InChI is InChI=1S/C26H27N3O3S2/c1-26(21-12-6-3-7-13-21,18-24-29-22-14-8-9-15-23(22)33-24)25(30)27-16-17-34(31,32)28-19-20-10-4-2-5-11-20/h2-15,28H,16-19H2,1H3,(H,27,30). The number of benzene rings is 3. The molecule has 1 atom stereocenters. The van der Waals surface area contributed by atoms with Crippen LogP contribution in [-0.4, -0.2) is 31.6 Å². The number of aromatic nitrogens is 1. The monoisotopic (exact) mass is 493 g/mol. The minimum atomic E-state index is -3.54. The molecule has 0 saturated heterocycles. The van der Waals surface area contributed by atoms with Gasteiger partial charge in [-0.1, -0.05) is 72.8 Å². The maximum absolute atomic E-state index is 13.4. The van der Waals surface area contributed by atoms with Crippen molar-refractivity contribution in [3.8, 4) is 0 Å². The molecule has 1 aromatic heterocycles. The van der Waals surface area contributed by atoms with Gasteiger partial charge in [0.2, 0.25) is 15.9 Å². The summed E-state index contributed by atoms with van der Waals surface area (Å²) in [4.78, 5) is 18.1. The zero-order chi connectivity index (χ0) is 24.0. The minimum absolute atomic E-state index is 0.0191. The van der Waals surface area contributed by atoms with Crippen LogP contribution in [0.3, 0.4) is 0 Å². The second-order valence-electron chi connectivity index (χ2n) is 8.33. The fraction of sp³-hybridized carbons (Fsp3) is 0.231. The highest BCUT2D eigenvalue weighted by Crippen LogP contribution is 2.32. The summed E-state index contributed by atoms with van der Waals surface area (Å²) in [5.74, 6) is -0.423. The molecule has 0 bridgehead atoms. The van der Waals surface area contributed by atoms with Gasteiger partial charge in [0.25, 0.3) is 0 Å². The van der Waals surface area contributed by atoms with Crippen molar-refractivity contribution in [1.29, 1.82) is 0 Å². The maximum Gasteiger partial charge on any atom is 0.230 e. The van der Waals surface area contributed by atoms with Gasteiger partial charge in [0.05, 0.1) is 26.4 Å². The Hall–Kier alpha value is -3.07. The average molecular weight is 494 g/mol. The van der Waals surface area contributed by atoms with Crippen molar-refractivity contribution < 1.29 is 13.2 Å². The van der Waals surface area contributed by atoms with Gasteiger partial charge in [0.1, 0.15) is 0 Å². The van der Waals surface area contributed by atoms with Gasteiger partial charge in [-0.05, 0) is 30.2 Å². The molecule has 3 aromatic carbocycles. The van der Waals surface area contributed by atoms with Crippen molar-refractivity contribution in [2.45, 2.75) is 25.3 Å². The normalized spacial score (nSPS) is 13.4. The fourth-order valence-corrected chi connectivity index (χ4v) is 5.80. The van der Waals surface area contributed by atoms with Crippen molar-refractivity contribution in [3.63, 3.8) is 0 Å². The molecule has 0 spiro atoms. The van der Waals surface area contributed by atoms with Gasteiger partial charge < -0.3 is 5.32 Å². The van der Waals surface area contributed by atoms with Crippen molar-refractivity contribution in [2.75, 3.05) is 12.3 Å². The fourth-order valence-electron chi connectivity index (χ4n) is 3.77. The predicted octanol–water partition coefficient (Wildman–Crippen LogP) is 4.03. The average Bonchev–Trinajstić information content (AvgIpc) is 3.26. The first-order chi connectivity index (χ1) is 16.4. The number of hydrogen-bond donors (Lipinski definition) is 2. The van der Waals surface area contributed by atoms with Crippen molar-refractivity contribution in [1.82, 2.24) is 15.0 Å². The number of carbonyl (C=O) groups excluding carboxylic acids is 1.